The van der Waals surface area contributed by atoms with Crippen LogP contribution in [0.1, 0.15) is 22.8 Å². The molecular formula is C11H10O3. The van der Waals surface area contributed by atoms with Crippen LogP contribution in [-0.4, -0.2) is 16.0 Å². The summed E-state index contributed by atoms with van der Waals surface area (Å²) in [6, 6.07) is 2.70. The molecule has 0 aromatic heterocycles. The summed E-state index contributed by atoms with van der Waals surface area (Å²) >= 11 is 0. The summed E-state index contributed by atoms with van der Waals surface area (Å²) in [6.07, 6.45) is 2.11. The average Bonchev–Trinajstić information content (AvgIpc) is 1.99. The van der Waals surface area contributed by atoms with Gasteiger partial charge in [0.05, 0.1) is 5.56 Å². The second kappa shape index (κ2) is 2.87. The van der Waals surface area contributed by atoms with E-state index in [4.69, 9.17) is 0 Å². The largest absolute Gasteiger partial charge is 0.508 e. The van der Waals surface area contributed by atoms with Gasteiger partial charge in [0.1, 0.15) is 11.5 Å². The fourth-order valence-corrected chi connectivity index (χ4v) is 1.74. The van der Waals surface area contributed by atoms with Crippen molar-refractivity contribution in [1.29, 1.82) is 0 Å². The Morgan fingerprint density at radius 1 is 1.29 bits per heavy atom. The number of allylic oxidation sites excluding steroid dienone is 2. The van der Waals surface area contributed by atoms with Gasteiger partial charge in [-0.25, -0.2) is 0 Å². The first kappa shape index (κ1) is 8.81. The van der Waals surface area contributed by atoms with Gasteiger partial charge in [0.25, 0.3) is 0 Å². The zero-order chi connectivity index (χ0) is 10.3. The Hall–Kier alpha value is -1.77. The molecule has 1 aliphatic carbocycles. The topological polar surface area (TPSA) is 57.5 Å². The number of rotatable bonds is 0. The second-order valence-corrected chi connectivity index (χ2v) is 3.53. The van der Waals surface area contributed by atoms with Crippen LogP contribution in [0.15, 0.2) is 23.8 Å². The molecule has 0 amide bonds. The molecular weight excluding hydrogens is 180 g/mol. The molecule has 2 rings (SSSR count). The summed E-state index contributed by atoms with van der Waals surface area (Å²) in [4.78, 5) is 11.5. The van der Waals surface area contributed by atoms with Gasteiger partial charge in [0, 0.05) is 6.07 Å². The normalized spacial score (nSPS) is 14.9. The van der Waals surface area contributed by atoms with E-state index in [-0.39, 0.29) is 17.3 Å². The van der Waals surface area contributed by atoms with Gasteiger partial charge in [-0.3, -0.25) is 4.79 Å². The molecule has 0 spiro atoms. The molecule has 2 N–H and O–H groups in total. The van der Waals surface area contributed by atoms with E-state index >= 15 is 0 Å². The van der Waals surface area contributed by atoms with Crippen LogP contribution in [0.4, 0.5) is 0 Å². The molecule has 0 atom stereocenters. The third-order valence-corrected chi connectivity index (χ3v) is 2.28. The number of fused-ring (bicyclic) bond motifs is 1. The number of hydrogen-bond donors (Lipinski definition) is 2. The molecule has 1 aliphatic rings. The summed E-state index contributed by atoms with van der Waals surface area (Å²) in [5.41, 5.74) is 1.94. The van der Waals surface area contributed by atoms with E-state index in [0.29, 0.717) is 17.5 Å². The molecule has 1 aromatic carbocycles. The van der Waals surface area contributed by atoms with Crippen LogP contribution < -0.4 is 0 Å². The van der Waals surface area contributed by atoms with Crippen LogP contribution >= 0.6 is 0 Å². The zero-order valence-corrected chi connectivity index (χ0v) is 7.74. The molecule has 0 heterocycles. The van der Waals surface area contributed by atoms with E-state index in [2.05, 4.69) is 0 Å². The van der Waals surface area contributed by atoms with Crippen LogP contribution in [0.3, 0.4) is 0 Å². The second-order valence-electron chi connectivity index (χ2n) is 3.53. The van der Waals surface area contributed by atoms with E-state index in [9.17, 15) is 15.0 Å². The molecule has 0 radical (unpaired) electrons. The maximum atomic E-state index is 11.5. The van der Waals surface area contributed by atoms with Gasteiger partial charge in [-0.1, -0.05) is 5.57 Å². The minimum absolute atomic E-state index is 0.0104. The van der Waals surface area contributed by atoms with E-state index in [1.165, 1.54) is 18.2 Å². The van der Waals surface area contributed by atoms with E-state index in [1.54, 1.807) is 0 Å². The average molecular weight is 190 g/mol. The molecule has 0 bridgehead atoms. The molecule has 0 fully saturated rings. The Morgan fingerprint density at radius 2 is 2.00 bits per heavy atom. The van der Waals surface area contributed by atoms with Gasteiger partial charge < -0.3 is 10.2 Å². The summed E-state index contributed by atoms with van der Waals surface area (Å²) in [5, 5.41) is 18.7. The van der Waals surface area contributed by atoms with Crippen molar-refractivity contribution in [2.45, 2.75) is 13.3 Å². The first-order chi connectivity index (χ1) is 6.58. The number of carbonyl (C=O) groups excluding carboxylic acids is 1. The highest BCUT2D eigenvalue weighted by Crippen LogP contribution is 2.32. The molecule has 14 heavy (non-hydrogen) atoms. The summed E-state index contributed by atoms with van der Waals surface area (Å²) < 4.78 is 0. The highest BCUT2D eigenvalue weighted by Gasteiger charge is 2.20. The Balaban J connectivity index is 2.65. The fourth-order valence-electron chi connectivity index (χ4n) is 1.74. The fraction of sp³-hybridized carbons (Fsp3) is 0.182. The first-order valence-corrected chi connectivity index (χ1v) is 4.34. The Morgan fingerprint density at radius 3 is 2.71 bits per heavy atom. The number of hydrogen-bond acceptors (Lipinski definition) is 3. The minimum Gasteiger partial charge on any atom is -0.508 e. The molecule has 0 aliphatic heterocycles. The molecule has 72 valence electrons. The maximum absolute atomic E-state index is 11.5. The van der Waals surface area contributed by atoms with Crippen LogP contribution in [-0.2, 0) is 6.42 Å². The molecule has 1 aromatic rings. The smallest absolute Gasteiger partial charge is 0.189 e. The Bertz CT molecular complexity index is 444. The molecule has 0 unspecified atom stereocenters. The number of phenols is 2. The summed E-state index contributed by atoms with van der Waals surface area (Å²) in [5.74, 6) is -0.348. The van der Waals surface area contributed by atoms with Crippen molar-refractivity contribution >= 4 is 5.78 Å². The van der Waals surface area contributed by atoms with E-state index in [0.717, 1.165) is 5.57 Å². The van der Waals surface area contributed by atoms with Gasteiger partial charge in [-0.2, -0.15) is 0 Å². The lowest BCUT2D eigenvalue weighted by atomic mass is 9.90. The quantitative estimate of drug-likeness (QED) is 0.655. The molecule has 3 heteroatoms. The highest BCUT2D eigenvalue weighted by atomic mass is 16.3. The Kier molecular flexibility index (Phi) is 1.81. The number of carbonyl (C=O) groups is 1. The van der Waals surface area contributed by atoms with Gasteiger partial charge in [0.15, 0.2) is 5.78 Å². The van der Waals surface area contributed by atoms with Crippen molar-refractivity contribution in [1.82, 2.24) is 0 Å². The van der Waals surface area contributed by atoms with Crippen molar-refractivity contribution in [3.63, 3.8) is 0 Å². The third kappa shape index (κ3) is 1.27. The van der Waals surface area contributed by atoms with Crippen molar-refractivity contribution in [3.8, 4) is 11.5 Å². The Labute approximate surface area is 81.3 Å². The highest BCUT2D eigenvalue weighted by molar-refractivity contribution is 6.09. The van der Waals surface area contributed by atoms with Crippen molar-refractivity contribution in [2.75, 3.05) is 0 Å². The predicted octanol–water partition coefficient (Wildman–Crippen LogP) is 1.78. The number of benzene rings is 1. The maximum Gasteiger partial charge on any atom is 0.189 e. The minimum atomic E-state index is -0.193. The SMILES string of the molecule is CC1=CC(=O)c2c(O)cc(O)cc2C1. The van der Waals surface area contributed by atoms with E-state index in [1.807, 2.05) is 6.92 Å². The summed E-state index contributed by atoms with van der Waals surface area (Å²) in [7, 11) is 0. The van der Waals surface area contributed by atoms with Crippen LogP contribution in [0, 0.1) is 0 Å². The van der Waals surface area contributed by atoms with Gasteiger partial charge in [-0.05, 0) is 31.1 Å². The van der Waals surface area contributed by atoms with Crippen molar-refractivity contribution in [3.05, 3.63) is 34.9 Å². The summed E-state index contributed by atoms with van der Waals surface area (Å²) in [6.45, 7) is 1.85. The van der Waals surface area contributed by atoms with Gasteiger partial charge >= 0.3 is 0 Å². The first-order valence-electron chi connectivity index (χ1n) is 4.34. The number of ketones is 1. The third-order valence-electron chi connectivity index (χ3n) is 2.28. The molecule has 0 saturated heterocycles. The van der Waals surface area contributed by atoms with Gasteiger partial charge in [0.2, 0.25) is 0 Å². The molecule has 3 nitrogen and oxygen atoms in total. The predicted molar refractivity (Wildman–Crippen MR) is 51.6 cm³/mol. The standard InChI is InChI=1S/C11H10O3/c1-6-2-7-4-8(12)5-10(14)11(7)9(13)3-6/h3-5,12,14H,2H2,1H3. The lowest BCUT2D eigenvalue weighted by Crippen LogP contribution is -2.08. The number of phenolic OH excluding ortho intramolecular Hbond substituents is 2. The van der Waals surface area contributed by atoms with Crippen molar-refractivity contribution < 1.29 is 15.0 Å². The molecule has 0 saturated carbocycles. The lowest BCUT2D eigenvalue weighted by Gasteiger charge is -2.14. The zero-order valence-electron chi connectivity index (χ0n) is 7.74. The van der Waals surface area contributed by atoms with Crippen LogP contribution in [0.25, 0.3) is 0 Å². The van der Waals surface area contributed by atoms with Crippen molar-refractivity contribution in [2.24, 2.45) is 0 Å². The van der Waals surface area contributed by atoms with Crippen LogP contribution in [0.5, 0.6) is 11.5 Å². The monoisotopic (exact) mass is 190 g/mol. The van der Waals surface area contributed by atoms with Gasteiger partial charge in [-0.15, -0.1) is 0 Å². The van der Waals surface area contributed by atoms with Crippen LogP contribution in [0.2, 0.25) is 0 Å². The number of aromatic hydroxyl groups is 2. The van der Waals surface area contributed by atoms with E-state index < -0.39 is 0 Å². The lowest BCUT2D eigenvalue weighted by molar-refractivity contribution is 0.104.